The molecule has 0 N–H and O–H groups in total. The SMILES string of the molecule is CC(C)=CCCC(C)=CCCC(C)CC=O. The van der Waals surface area contributed by atoms with E-state index in [1.807, 2.05) is 0 Å². The molecule has 0 bridgehead atoms. The average molecular weight is 222 g/mol. The van der Waals surface area contributed by atoms with Gasteiger partial charge in [0.1, 0.15) is 6.29 Å². The Bertz CT molecular complexity index is 244. The smallest absolute Gasteiger partial charge is 0.120 e. The van der Waals surface area contributed by atoms with Gasteiger partial charge in [-0.05, 0) is 52.4 Å². The standard InChI is InChI=1S/C15H26O/c1-13(2)7-5-8-14(3)9-6-10-15(4)11-12-16/h7,9,12,15H,5-6,8,10-11H2,1-4H3. The number of rotatable bonds is 8. The van der Waals surface area contributed by atoms with Crippen LogP contribution in [0, 0.1) is 5.92 Å². The number of hydrogen-bond acceptors (Lipinski definition) is 1. The van der Waals surface area contributed by atoms with E-state index >= 15 is 0 Å². The predicted octanol–water partition coefficient (Wildman–Crippen LogP) is 4.68. The van der Waals surface area contributed by atoms with Crippen LogP contribution in [0.1, 0.15) is 59.8 Å². The molecule has 0 aliphatic rings. The number of carbonyl (C=O) groups excluding carboxylic acids is 1. The lowest BCUT2D eigenvalue weighted by Crippen LogP contribution is -1.94. The summed E-state index contributed by atoms with van der Waals surface area (Å²) in [7, 11) is 0. The molecule has 0 saturated carbocycles. The summed E-state index contributed by atoms with van der Waals surface area (Å²) in [5.74, 6) is 0.527. The molecule has 1 atom stereocenters. The Hall–Kier alpha value is -0.850. The van der Waals surface area contributed by atoms with Crippen LogP contribution in [0.15, 0.2) is 23.3 Å². The lowest BCUT2D eigenvalue weighted by atomic mass is 10.0. The van der Waals surface area contributed by atoms with Gasteiger partial charge < -0.3 is 4.79 Å². The Labute approximate surface area is 101 Å². The van der Waals surface area contributed by atoms with Crippen molar-refractivity contribution in [3.05, 3.63) is 23.3 Å². The van der Waals surface area contributed by atoms with E-state index in [9.17, 15) is 4.79 Å². The van der Waals surface area contributed by atoms with Crippen molar-refractivity contribution in [2.24, 2.45) is 5.92 Å². The summed E-state index contributed by atoms with van der Waals surface area (Å²) in [6.07, 6.45) is 10.9. The van der Waals surface area contributed by atoms with E-state index in [1.165, 1.54) is 11.1 Å². The van der Waals surface area contributed by atoms with Crippen LogP contribution in [-0.4, -0.2) is 6.29 Å². The second-order valence-corrected chi connectivity index (χ2v) is 4.96. The molecular formula is C15H26O. The third-order valence-corrected chi connectivity index (χ3v) is 2.74. The molecule has 0 aliphatic carbocycles. The fourth-order valence-electron chi connectivity index (χ4n) is 1.59. The van der Waals surface area contributed by atoms with Gasteiger partial charge in [0, 0.05) is 6.42 Å². The van der Waals surface area contributed by atoms with Crippen LogP contribution in [0.3, 0.4) is 0 Å². The highest BCUT2D eigenvalue weighted by Crippen LogP contribution is 2.12. The fraction of sp³-hybridized carbons (Fsp3) is 0.667. The maximum atomic E-state index is 10.3. The molecule has 0 aromatic heterocycles. The first-order chi connectivity index (χ1) is 7.56. The second-order valence-electron chi connectivity index (χ2n) is 4.96. The number of hydrogen-bond donors (Lipinski definition) is 0. The minimum absolute atomic E-state index is 0.527. The fourth-order valence-corrected chi connectivity index (χ4v) is 1.59. The van der Waals surface area contributed by atoms with E-state index in [0.717, 1.165) is 32.0 Å². The van der Waals surface area contributed by atoms with Crippen molar-refractivity contribution >= 4 is 6.29 Å². The molecule has 1 heteroatoms. The highest BCUT2D eigenvalue weighted by molar-refractivity contribution is 5.49. The lowest BCUT2D eigenvalue weighted by Gasteiger charge is -2.05. The van der Waals surface area contributed by atoms with Crippen molar-refractivity contribution in [2.75, 3.05) is 0 Å². The lowest BCUT2D eigenvalue weighted by molar-refractivity contribution is -0.108. The summed E-state index contributed by atoms with van der Waals surface area (Å²) >= 11 is 0. The summed E-state index contributed by atoms with van der Waals surface area (Å²) in [4.78, 5) is 10.3. The summed E-state index contributed by atoms with van der Waals surface area (Å²) in [6.45, 7) is 8.62. The second kappa shape index (κ2) is 9.38. The van der Waals surface area contributed by atoms with Crippen LogP contribution >= 0.6 is 0 Å². The van der Waals surface area contributed by atoms with E-state index in [1.54, 1.807) is 0 Å². The Balaban J connectivity index is 3.70. The molecule has 92 valence electrons. The summed E-state index contributed by atoms with van der Waals surface area (Å²) in [5.41, 5.74) is 2.86. The first-order valence-corrected chi connectivity index (χ1v) is 6.29. The maximum Gasteiger partial charge on any atom is 0.120 e. The highest BCUT2D eigenvalue weighted by Gasteiger charge is 1.99. The molecule has 0 fully saturated rings. The molecule has 16 heavy (non-hydrogen) atoms. The third-order valence-electron chi connectivity index (χ3n) is 2.74. The molecular weight excluding hydrogens is 196 g/mol. The van der Waals surface area contributed by atoms with Gasteiger partial charge in [-0.15, -0.1) is 0 Å². The molecule has 0 spiro atoms. The summed E-state index contributed by atoms with van der Waals surface area (Å²) in [5, 5.41) is 0. The van der Waals surface area contributed by atoms with Crippen LogP contribution in [0.4, 0.5) is 0 Å². The normalized spacial score (nSPS) is 13.4. The maximum absolute atomic E-state index is 10.3. The van der Waals surface area contributed by atoms with Crippen LogP contribution in [-0.2, 0) is 4.79 Å². The van der Waals surface area contributed by atoms with Gasteiger partial charge in [-0.1, -0.05) is 30.2 Å². The van der Waals surface area contributed by atoms with Crippen molar-refractivity contribution in [2.45, 2.75) is 59.8 Å². The minimum atomic E-state index is 0.527. The number of aldehydes is 1. The topological polar surface area (TPSA) is 17.1 Å². The Morgan fingerprint density at radius 3 is 2.38 bits per heavy atom. The van der Waals surface area contributed by atoms with Gasteiger partial charge in [0.2, 0.25) is 0 Å². The minimum Gasteiger partial charge on any atom is -0.303 e. The highest BCUT2D eigenvalue weighted by atomic mass is 16.1. The zero-order chi connectivity index (χ0) is 12.4. The number of allylic oxidation sites excluding steroid dienone is 4. The van der Waals surface area contributed by atoms with E-state index < -0.39 is 0 Å². The first-order valence-electron chi connectivity index (χ1n) is 6.29. The molecule has 0 rings (SSSR count). The molecule has 0 heterocycles. The summed E-state index contributed by atoms with van der Waals surface area (Å²) < 4.78 is 0. The Morgan fingerprint density at radius 2 is 1.81 bits per heavy atom. The van der Waals surface area contributed by atoms with E-state index in [4.69, 9.17) is 0 Å². The van der Waals surface area contributed by atoms with Gasteiger partial charge in [0.05, 0.1) is 0 Å². The molecule has 1 nitrogen and oxygen atoms in total. The largest absolute Gasteiger partial charge is 0.303 e. The van der Waals surface area contributed by atoms with Gasteiger partial charge in [-0.3, -0.25) is 0 Å². The van der Waals surface area contributed by atoms with Gasteiger partial charge in [0.15, 0.2) is 0 Å². The molecule has 0 aromatic rings. The predicted molar refractivity (Wildman–Crippen MR) is 71.5 cm³/mol. The Morgan fingerprint density at radius 1 is 1.12 bits per heavy atom. The third kappa shape index (κ3) is 9.70. The first kappa shape index (κ1) is 15.2. The molecule has 0 aromatic carbocycles. The molecule has 0 saturated heterocycles. The molecule has 1 unspecified atom stereocenters. The Kier molecular flexibility index (Phi) is 8.88. The van der Waals surface area contributed by atoms with Crippen LogP contribution in [0.2, 0.25) is 0 Å². The van der Waals surface area contributed by atoms with Gasteiger partial charge in [0.25, 0.3) is 0 Å². The zero-order valence-electron chi connectivity index (χ0n) is 11.3. The number of carbonyl (C=O) groups is 1. The monoisotopic (exact) mass is 222 g/mol. The average Bonchev–Trinajstić information content (AvgIpc) is 2.17. The van der Waals surface area contributed by atoms with Gasteiger partial charge in [-0.25, -0.2) is 0 Å². The zero-order valence-corrected chi connectivity index (χ0v) is 11.3. The van der Waals surface area contributed by atoms with Crippen LogP contribution < -0.4 is 0 Å². The summed E-state index contributed by atoms with van der Waals surface area (Å²) in [6, 6.07) is 0. The van der Waals surface area contributed by atoms with Crippen molar-refractivity contribution < 1.29 is 4.79 Å². The molecule has 0 aliphatic heterocycles. The van der Waals surface area contributed by atoms with Crippen molar-refractivity contribution in [3.63, 3.8) is 0 Å². The quantitative estimate of drug-likeness (QED) is 0.430. The van der Waals surface area contributed by atoms with Crippen LogP contribution in [0.25, 0.3) is 0 Å². The van der Waals surface area contributed by atoms with Crippen LogP contribution in [0.5, 0.6) is 0 Å². The van der Waals surface area contributed by atoms with Crippen molar-refractivity contribution in [1.29, 1.82) is 0 Å². The van der Waals surface area contributed by atoms with Crippen molar-refractivity contribution in [3.8, 4) is 0 Å². The molecule has 0 radical (unpaired) electrons. The molecule has 0 amide bonds. The van der Waals surface area contributed by atoms with Gasteiger partial charge in [-0.2, -0.15) is 0 Å². The van der Waals surface area contributed by atoms with E-state index in [0.29, 0.717) is 12.3 Å². The van der Waals surface area contributed by atoms with E-state index in [2.05, 4.69) is 39.8 Å². The van der Waals surface area contributed by atoms with E-state index in [-0.39, 0.29) is 0 Å². The van der Waals surface area contributed by atoms with Gasteiger partial charge >= 0.3 is 0 Å². The van der Waals surface area contributed by atoms with Crippen molar-refractivity contribution in [1.82, 2.24) is 0 Å².